The maximum Gasteiger partial charge on any atom is 0.273 e. The summed E-state index contributed by atoms with van der Waals surface area (Å²) in [6, 6.07) is 10.6. The normalized spacial score (nSPS) is 20.9. The summed E-state index contributed by atoms with van der Waals surface area (Å²) in [7, 11) is 0. The number of carbonyl (C=O) groups excluding carboxylic acids is 1. The number of carbonyl (C=O) groups is 1. The predicted octanol–water partition coefficient (Wildman–Crippen LogP) is 2.59. The molecule has 1 fully saturated rings. The van der Waals surface area contributed by atoms with Gasteiger partial charge in [0.25, 0.3) is 5.91 Å². The fraction of sp³-hybridized carbons (Fsp3) is 0.389. The van der Waals surface area contributed by atoms with Crippen molar-refractivity contribution in [1.29, 1.82) is 0 Å². The van der Waals surface area contributed by atoms with Crippen molar-refractivity contribution in [3.05, 3.63) is 54.0 Å². The van der Waals surface area contributed by atoms with Gasteiger partial charge in [-0.05, 0) is 30.7 Å². The van der Waals surface area contributed by atoms with Crippen LogP contribution in [0.2, 0.25) is 0 Å². The van der Waals surface area contributed by atoms with E-state index in [0.29, 0.717) is 5.92 Å². The minimum absolute atomic E-state index is 0.165. The van der Waals surface area contributed by atoms with Crippen molar-refractivity contribution in [2.45, 2.75) is 38.1 Å². The molecular weight excluding hydrogens is 288 g/mol. The van der Waals surface area contributed by atoms with Crippen LogP contribution in [0.3, 0.4) is 0 Å². The number of aromatic nitrogens is 2. The number of anilines is 1. The van der Waals surface area contributed by atoms with Gasteiger partial charge in [-0.1, -0.05) is 43.2 Å². The van der Waals surface area contributed by atoms with E-state index < -0.39 is 0 Å². The number of nitrogens with one attached hydrogen (secondary N) is 1. The van der Waals surface area contributed by atoms with Gasteiger partial charge < -0.3 is 11.1 Å². The number of hydrogen-bond acceptors (Lipinski definition) is 4. The molecule has 1 aromatic carbocycles. The molecule has 1 saturated carbocycles. The summed E-state index contributed by atoms with van der Waals surface area (Å²) in [5.74, 6) is 0.411. The molecule has 23 heavy (non-hydrogen) atoms. The Hall–Kier alpha value is -2.43. The third-order valence-electron chi connectivity index (χ3n) is 4.51. The molecule has 1 heterocycles. The highest BCUT2D eigenvalue weighted by Crippen LogP contribution is 2.28. The minimum atomic E-state index is -0.222. The third-order valence-corrected chi connectivity index (χ3v) is 4.51. The second-order valence-electron chi connectivity index (χ2n) is 6.10. The number of rotatable bonds is 4. The third kappa shape index (κ3) is 3.86. The van der Waals surface area contributed by atoms with Crippen LogP contribution in [0.1, 0.15) is 41.7 Å². The molecule has 2 atom stereocenters. The van der Waals surface area contributed by atoms with Crippen molar-refractivity contribution in [2.75, 3.05) is 5.73 Å². The molecule has 120 valence electrons. The van der Waals surface area contributed by atoms with E-state index >= 15 is 0 Å². The molecule has 3 N–H and O–H groups in total. The lowest BCUT2D eigenvalue weighted by Gasteiger charge is -2.32. The zero-order valence-corrected chi connectivity index (χ0v) is 13.1. The van der Waals surface area contributed by atoms with Crippen molar-refractivity contribution in [3.8, 4) is 0 Å². The quantitative estimate of drug-likeness (QED) is 0.909. The first-order valence-corrected chi connectivity index (χ1v) is 8.15. The van der Waals surface area contributed by atoms with Gasteiger partial charge in [0.2, 0.25) is 0 Å². The first kappa shape index (κ1) is 15.5. The van der Waals surface area contributed by atoms with Crippen LogP contribution in [0, 0.1) is 5.92 Å². The summed E-state index contributed by atoms with van der Waals surface area (Å²) < 4.78 is 0. The maximum absolute atomic E-state index is 12.4. The summed E-state index contributed by atoms with van der Waals surface area (Å²) in [4.78, 5) is 20.4. The molecule has 1 aliphatic rings. The predicted molar refractivity (Wildman–Crippen MR) is 89.8 cm³/mol. The molecule has 5 nitrogen and oxygen atoms in total. The first-order chi connectivity index (χ1) is 11.2. The van der Waals surface area contributed by atoms with Gasteiger partial charge >= 0.3 is 0 Å². The van der Waals surface area contributed by atoms with E-state index in [1.807, 2.05) is 6.07 Å². The molecular formula is C18H22N4O. The second kappa shape index (κ2) is 7.22. The van der Waals surface area contributed by atoms with Gasteiger partial charge in [0.05, 0.1) is 0 Å². The average molecular weight is 310 g/mol. The van der Waals surface area contributed by atoms with Crippen LogP contribution in [-0.4, -0.2) is 21.9 Å². The number of nitrogen functional groups attached to an aromatic ring is 1. The van der Waals surface area contributed by atoms with Crippen LogP contribution >= 0.6 is 0 Å². The van der Waals surface area contributed by atoms with Gasteiger partial charge in [0.1, 0.15) is 0 Å². The largest absolute Gasteiger partial charge is 0.382 e. The SMILES string of the molecule is Nc1nccnc1C(=O)N[C@H]1CCCC[C@H]1Cc1ccccc1. The van der Waals surface area contributed by atoms with E-state index in [0.717, 1.165) is 25.7 Å². The van der Waals surface area contributed by atoms with Gasteiger partial charge in [0, 0.05) is 18.4 Å². The summed E-state index contributed by atoms with van der Waals surface area (Å²) in [5, 5.41) is 3.12. The van der Waals surface area contributed by atoms with Gasteiger partial charge in [0.15, 0.2) is 11.5 Å². The Morgan fingerprint density at radius 2 is 1.87 bits per heavy atom. The Bertz CT molecular complexity index is 659. The fourth-order valence-electron chi connectivity index (χ4n) is 3.32. The maximum atomic E-state index is 12.4. The van der Waals surface area contributed by atoms with Crippen molar-refractivity contribution in [1.82, 2.24) is 15.3 Å². The standard InChI is InChI=1S/C18H22N4O/c19-17-16(20-10-11-21-17)18(23)22-15-9-5-4-8-14(15)12-13-6-2-1-3-7-13/h1-3,6-7,10-11,14-15H,4-5,8-9,12H2,(H2,19,21)(H,22,23)/t14-,15-/m0/s1. The van der Waals surface area contributed by atoms with Crippen molar-refractivity contribution >= 4 is 11.7 Å². The lowest BCUT2D eigenvalue weighted by atomic mass is 9.80. The van der Waals surface area contributed by atoms with Crippen LogP contribution in [0.15, 0.2) is 42.7 Å². The lowest BCUT2D eigenvalue weighted by Crippen LogP contribution is -2.43. The molecule has 0 spiro atoms. The molecule has 1 aliphatic carbocycles. The fourth-order valence-corrected chi connectivity index (χ4v) is 3.32. The highest BCUT2D eigenvalue weighted by atomic mass is 16.2. The van der Waals surface area contributed by atoms with Gasteiger partial charge in [-0.15, -0.1) is 0 Å². The zero-order valence-electron chi connectivity index (χ0n) is 13.1. The Kier molecular flexibility index (Phi) is 4.86. The number of nitrogens with zero attached hydrogens (tertiary/aromatic N) is 2. The van der Waals surface area contributed by atoms with Crippen molar-refractivity contribution in [2.24, 2.45) is 5.92 Å². The highest BCUT2D eigenvalue weighted by molar-refractivity contribution is 5.96. The zero-order chi connectivity index (χ0) is 16.1. The number of hydrogen-bond donors (Lipinski definition) is 2. The summed E-state index contributed by atoms with van der Waals surface area (Å²) in [6.07, 6.45) is 8.47. The van der Waals surface area contributed by atoms with Crippen LogP contribution in [0.5, 0.6) is 0 Å². The number of amides is 1. The minimum Gasteiger partial charge on any atom is -0.382 e. The lowest BCUT2D eigenvalue weighted by molar-refractivity contribution is 0.0901. The summed E-state index contributed by atoms with van der Waals surface area (Å²) >= 11 is 0. The average Bonchev–Trinajstić information content (AvgIpc) is 2.58. The van der Waals surface area contributed by atoms with E-state index in [4.69, 9.17) is 5.73 Å². The monoisotopic (exact) mass is 310 g/mol. The Morgan fingerprint density at radius 1 is 1.13 bits per heavy atom. The second-order valence-corrected chi connectivity index (χ2v) is 6.10. The van der Waals surface area contributed by atoms with Crippen LogP contribution < -0.4 is 11.1 Å². The topological polar surface area (TPSA) is 80.9 Å². The molecule has 0 saturated heterocycles. The molecule has 0 unspecified atom stereocenters. The van der Waals surface area contributed by atoms with E-state index in [9.17, 15) is 4.79 Å². The molecule has 1 amide bonds. The smallest absolute Gasteiger partial charge is 0.273 e. The molecule has 0 aliphatic heterocycles. The van der Waals surface area contributed by atoms with Gasteiger partial charge in [-0.2, -0.15) is 0 Å². The van der Waals surface area contributed by atoms with E-state index in [2.05, 4.69) is 39.6 Å². The Balaban J connectivity index is 1.69. The van der Waals surface area contributed by atoms with E-state index in [-0.39, 0.29) is 23.5 Å². The van der Waals surface area contributed by atoms with E-state index in [1.165, 1.54) is 24.4 Å². The van der Waals surface area contributed by atoms with Crippen LogP contribution in [-0.2, 0) is 6.42 Å². The molecule has 0 bridgehead atoms. The van der Waals surface area contributed by atoms with E-state index in [1.54, 1.807) is 0 Å². The van der Waals surface area contributed by atoms with Crippen LogP contribution in [0.25, 0.3) is 0 Å². The Morgan fingerprint density at radius 3 is 2.65 bits per heavy atom. The molecule has 0 radical (unpaired) electrons. The van der Waals surface area contributed by atoms with Gasteiger partial charge in [-0.25, -0.2) is 9.97 Å². The highest BCUT2D eigenvalue weighted by Gasteiger charge is 2.27. The molecule has 5 heteroatoms. The first-order valence-electron chi connectivity index (χ1n) is 8.15. The molecule has 1 aromatic heterocycles. The Labute approximate surface area is 136 Å². The number of benzene rings is 1. The van der Waals surface area contributed by atoms with Crippen LogP contribution in [0.4, 0.5) is 5.82 Å². The van der Waals surface area contributed by atoms with Gasteiger partial charge in [-0.3, -0.25) is 4.79 Å². The number of nitrogens with two attached hydrogens (primary N) is 1. The van der Waals surface area contributed by atoms with Crippen molar-refractivity contribution < 1.29 is 4.79 Å². The molecule has 3 rings (SSSR count). The summed E-state index contributed by atoms with van der Waals surface area (Å²) in [5.41, 5.74) is 7.29. The molecule has 2 aromatic rings. The summed E-state index contributed by atoms with van der Waals surface area (Å²) in [6.45, 7) is 0. The van der Waals surface area contributed by atoms with Crippen molar-refractivity contribution in [3.63, 3.8) is 0 Å².